The minimum atomic E-state index is 0.00815. The van der Waals surface area contributed by atoms with Gasteiger partial charge in [-0.2, -0.15) is 0 Å². The SMILES string of the molecule is CCC(C)C(=O)Nc1cnoc1C. The molecule has 1 amide bonds. The average Bonchev–Trinajstić information content (AvgIpc) is 2.50. The molecule has 1 aromatic heterocycles. The zero-order chi connectivity index (χ0) is 9.84. The highest BCUT2D eigenvalue weighted by atomic mass is 16.5. The van der Waals surface area contributed by atoms with Crippen molar-refractivity contribution in [2.75, 3.05) is 5.32 Å². The molecular weight excluding hydrogens is 168 g/mol. The Morgan fingerprint density at radius 2 is 2.46 bits per heavy atom. The maximum Gasteiger partial charge on any atom is 0.227 e. The summed E-state index contributed by atoms with van der Waals surface area (Å²) in [7, 11) is 0. The lowest BCUT2D eigenvalue weighted by molar-refractivity contribution is -0.119. The number of carbonyl (C=O) groups is 1. The predicted octanol–water partition coefficient (Wildman–Crippen LogP) is 1.97. The van der Waals surface area contributed by atoms with Crippen LogP contribution in [0.2, 0.25) is 0 Å². The van der Waals surface area contributed by atoms with Crippen molar-refractivity contribution in [1.82, 2.24) is 5.16 Å². The summed E-state index contributed by atoms with van der Waals surface area (Å²) in [6, 6.07) is 0. The van der Waals surface area contributed by atoms with Crippen molar-refractivity contribution in [2.45, 2.75) is 27.2 Å². The third-order valence-corrected chi connectivity index (χ3v) is 2.07. The first-order valence-corrected chi connectivity index (χ1v) is 4.37. The third kappa shape index (κ3) is 2.31. The van der Waals surface area contributed by atoms with Crippen molar-refractivity contribution in [1.29, 1.82) is 0 Å². The van der Waals surface area contributed by atoms with Crippen molar-refractivity contribution in [3.05, 3.63) is 12.0 Å². The number of nitrogens with one attached hydrogen (secondary N) is 1. The lowest BCUT2D eigenvalue weighted by Gasteiger charge is -2.07. The van der Waals surface area contributed by atoms with Gasteiger partial charge in [-0.3, -0.25) is 4.79 Å². The van der Waals surface area contributed by atoms with Gasteiger partial charge in [-0.1, -0.05) is 19.0 Å². The molecule has 4 nitrogen and oxygen atoms in total. The van der Waals surface area contributed by atoms with Crippen molar-refractivity contribution < 1.29 is 9.32 Å². The van der Waals surface area contributed by atoms with Crippen molar-refractivity contribution in [3.63, 3.8) is 0 Å². The highest BCUT2D eigenvalue weighted by Gasteiger charge is 2.12. The van der Waals surface area contributed by atoms with Crippen LogP contribution in [0.5, 0.6) is 0 Å². The van der Waals surface area contributed by atoms with Gasteiger partial charge in [-0.15, -0.1) is 0 Å². The molecule has 0 aliphatic carbocycles. The Morgan fingerprint density at radius 3 is 2.92 bits per heavy atom. The van der Waals surface area contributed by atoms with Crippen LogP contribution in [0.1, 0.15) is 26.0 Å². The second kappa shape index (κ2) is 4.07. The number of rotatable bonds is 3. The maximum absolute atomic E-state index is 11.4. The van der Waals surface area contributed by atoms with Gasteiger partial charge in [-0.25, -0.2) is 0 Å². The number of hydrogen-bond acceptors (Lipinski definition) is 3. The quantitative estimate of drug-likeness (QED) is 0.777. The number of aryl methyl sites for hydroxylation is 1. The van der Waals surface area contributed by atoms with Gasteiger partial charge in [0, 0.05) is 5.92 Å². The van der Waals surface area contributed by atoms with E-state index in [-0.39, 0.29) is 11.8 Å². The van der Waals surface area contributed by atoms with Gasteiger partial charge in [0.1, 0.15) is 5.69 Å². The van der Waals surface area contributed by atoms with E-state index in [1.807, 2.05) is 13.8 Å². The lowest BCUT2D eigenvalue weighted by atomic mass is 10.1. The first kappa shape index (κ1) is 9.77. The molecular formula is C9H14N2O2. The second-order valence-corrected chi connectivity index (χ2v) is 3.09. The molecule has 1 aromatic rings. The monoisotopic (exact) mass is 182 g/mol. The summed E-state index contributed by atoms with van der Waals surface area (Å²) in [5.41, 5.74) is 0.658. The van der Waals surface area contributed by atoms with Gasteiger partial charge in [0.25, 0.3) is 0 Å². The number of aromatic nitrogens is 1. The summed E-state index contributed by atoms with van der Waals surface area (Å²) >= 11 is 0. The Labute approximate surface area is 77.3 Å². The van der Waals surface area contributed by atoms with Crippen LogP contribution in [-0.4, -0.2) is 11.1 Å². The molecule has 0 aliphatic rings. The number of hydrogen-bond donors (Lipinski definition) is 1. The van der Waals surface area contributed by atoms with Crippen molar-refractivity contribution in [2.24, 2.45) is 5.92 Å². The van der Waals surface area contributed by atoms with Crippen LogP contribution in [-0.2, 0) is 4.79 Å². The predicted molar refractivity (Wildman–Crippen MR) is 49.3 cm³/mol. The van der Waals surface area contributed by atoms with E-state index in [1.165, 1.54) is 6.20 Å². The summed E-state index contributed by atoms with van der Waals surface area (Å²) in [6.45, 7) is 5.63. The minimum absolute atomic E-state index is 0.00815. The van der Waals surface area contributed by atoms with Gasteiger partial charge < -0.3 is 9.84 Å². The molecule has 0 aliphatic heterocycles. The molecule has 72 valence electrons. The van der Waals surface area contributed by atoms with Gasteiger partial charge >= 0.3 is 0 Å². The van der Waals surface area contributed by atoms with Crippen LogP contribution in [0.25, 0.3) is 0 Å². The molecule has 0 saturated heterocycles. The largest absolute Gasteiger partial charge is 0.359 e. The smallest absolute Gasteiger partial charge is 0.227 e. The Bertz CT molecular complexity index is 294. The van der Waals surface area contributed by atoms with Gasteiger partial charge in [0.05, 0.1) is 6.20 Å². The van der Waals surface area contributed by atoms with E-state index in [2.05, 4.69) is 10.5 Å². The van der Waals surface area contributed by atoms with E-state index < -0.39 is 0 Å². The van der Waals surface area contributed by atoms with Gasteiger partial charge in [0.2, 0.25) is 5.91 Å². The van der Waals surface area contributed by atoms with Crippen LogP contribution < -0.4 is 5.32 Å². The summed E-state index contributed by atoms with van der Waals surface area (Å²) in [5.74, 6) is 0.666. The molecule has 1 heterocycles. The fraction of sp³-hybridized carbons (Fsp3) is 0.556. The molecule has 1 N–H and O–H groups in total. The van der Waals surface area contributed by atoms with Gasteiger partial charge in [-0.05, 0) is 13.3 Å². The highest BCUT2D eigenvalue weighted by Crippen LogP contribution is 2.14. The normalized spacial score (nSPS) is 12.5. The Morgan fingerprint density at radius 1 is 1.77 bits per heavy atom. The molecule has 4 heteroatoms. The number of carbonyl (C=O) groups excluding carboxylic acids is 1. The third-order valence-electron chi connectivity index (χ3n) is 2.07. The van der Waals surface area contributed by atoms with Crippen LogP contribution in [0.3, 0.4) is 0 Å². The molecule has 0 radical (unpaired) electrons. The number of amides is 1. The molecule has 1 rings (SSSR count). The van der Waals surface area contributed by atoms with Gasteiger partial charge in [0.15, 0.2) is 5.76 Å². The second-order valence-electron chi connectivity index (χ2n) is 3.09. The standard InChI is InChI=1S/C9H14N2O2/c1-4-6(2)9(12)11-8-5-10-13-7(8)3/h5-6H,4H2,1-3H3,(H,11,12). The lowest BCUT2D eigenvalue weighted by Crippen LogP contribution is -2.19. The maximum atomic E-state index is 11.4. The summed E-state index contributed by atoms with van der Waals surface area (Å²) in [6.07, 6.45) is 2.34. The molecule has 0 bridgehead atoms. The Kier molecular flexibility index (Phi) is 3.06. The molecule has 0 aromatic carbocycles. The van der Waals surface area contributed by atoms with E-state index in [4.69, 9.17) is 4.52 Å². The summed E-state index contributed by atoms with van der Waals surface area (Å²) in [5, 5.41) is 6.32. The minimum Gasteiger partial charge on any atom is -0.359 e. The van der Waals surface area contributed by atoms with E-state index >= 15 is 0 Å². The number of nitrogens with zero attached hydrogens (tertiary/aromatic N) is 1. The van der Waals surface area contributed by atoms with E-state index in [0.29, 0.717) is 11.4 Å². The zero-order valence-electron chi connectivity index (χ0n) is 8.13. The highest BCUT2D eigenvalue weighted by molar-refractivity contribution is 5.92. The van der Waals surface area contributed by atoms with Crippen LogP contribution in [0.15, 0.2) is 10.7 Å². The Balaban J connectivity index is 2.60. The fourth-order valence-corrected chi connectivity index (χ4v) is 0.860. The summed E-state index contributed by atoms with van der Waals surface area (Å²) in [4.78, 5) is 11.4. The first-order chi connectivity index (χ1) is 6.15. The number of anilines is 1. The first-order valence-electron chi connectivity index (χ1n) is 4.37. The molecule has 1 unspecified atom stereocenters. The van der Waals surface area contributed by atoms with Crippen LogP contribution >= 0.6 is 0 Å². The summed E-state index contributed by atoms with van der Waals surface area (Å²) < 4.78 is 4.81. The van der Waals surface area contributed by atoms with Crippen molar-refractivity contribution >= 4 is 11.6 Å². The molecule has 0 saturated carbocycles. The molecule has 1 atom stereocenters. The molecule has 0 spiro atoms. The molecule has 0 fully saturated rings. The van der Waals surface area contributed by atoms with Crippen LogP contribution in [0.4, 0.5) is 5.69 Å². The zero-order valence-corrected chi connectivity index (χ0v) is 8.13. The van der Waals surface area contributed by atoms with E-state index in [0.717, 1.165) is 6.42 Å². The topological polar surface area (TPSA) is 55.1 Å². The Hall–Kier alpha value is -1.32. The molecule has 13 heavy (non-hydrogen) atoms. The van der Waals surface area contributed by atoms with E-state index in [9.17, 15) is 4.79 Å². The fourth-order valence-electron chi connectivity index (χ4n) is 0.860. The van der Waals surface area contributed by atoms with E-state index in [1.54, 1.807) is 6.92 Å². The van der Waals surface area contributed by atoms with Crippen molar-refractivity contribution in [3.8, 4) is 0 Å². The average molecular weight is 182 g/mol. The van der Waals surface area contributed by atoms with Crippen LogP contribution in [0, 0.1) is 12.8 Å².